The molecule has 0 fully saturated rings. The lowest BCUT2D eigenvalue weighted by molar-refractivity contribution is 0.0689. The zero-order valence-electron chi connectivity index (χ0n) is 7.47. The number of carboxylic acids is 1. The van der Waals surface area contributed by atoms with Gasteiger partial charge < -0.3 is 5.11 Å². The van der Waals surface area contributed by atoms with Crippen LogP contribution >= 0.6 is 11.6 Å². The Hall–Kier alpha value is -1.69. The van der Waals surface area contributed by atoms with Crippen LogP contribution in [0.15, 0.2) is 11.1 Å². The first kappa shape index (κ1) is 9.85. The number of hydrogen-bond acceptors (Lipinski definition) is 4. The van der Waals surface area contributed by atoms with Crippen LogP contribution in [0.3, 0.4) is 0 Å². The molecule has 6 nitrogen and oxygen atoms in total. The number of nitrogens with zero attached hydrogens (tertiary/aromatic N) is 3. The number of halogens is 1. The van der Waals surface area contributed by atoms with Gasteiger partial charge in [0.1, 0.15) is 0 Å². The Labute approximate surface area is 89.2 Å². The van der Waals surface area contributed by atoms with Crippen LogP contribution in [-0.2, 0) is 0 Å². The SMILES string of the molecule is O=C(O)c1cc2n(n1)C(=O)CC(CCl)=N2. The molecule has 1 aromatic rings. The van der Waals surface area contributed by atoms with E-state index in [4.69, 9.17) is 16.7 Å². The highest BCUT2D eigenvalue weighted by Crippen LogP contribution is 2.20. The summed E-state index contributed by atoms with van der Waals surface area (Å²) < 4.78 is 0.986. The van der Waals surface area contributed by atoms with Gasteiger partial charge in [0, 0.05) is 11.8 Å². The van der Waals surface area contributed by atoms with E-state index in [0.717, 1.165) is 4.68 Å². The van der Waals surface area contributed by atoms with Gasteiger partial charge in [-0.1, -0.05) is 0 Å². The number of aromatic nitrogens is 2. The van der Waals surface area contributed by atoms with Crippen molar-refractivity contribution in [1.29, 1.82) is 0 Å². The minimum atomic E-state index is -1.19. The van der Waals surface area contributed by atoms with Crippen molar-refractivity contribution < 1.29 is 14.7 Å². The van der Waals surface area contributed by atoms with Gasteiger partial charge in [-0.2, -0.15) is 9.78 Å². The van der Waals surface area contributed by atoms with Crippen molar-refractivity contribution >= 4 is 35.0 Å². The van der Waals surface area contributed by atoms with E-state index in [1.165, 1.54) is 6.07 Å². The molecule has 7 heteroatoms. The number of alkyl halides is 1. The van der Waals surface area contributed by atoms with E-state index in [1.807, 2.05) is 0 Å². The molecule has 0 bridgehead atoms. The number of fused-ring (bicyclic) bond motifs is 1. The molecule has 0 aliphatic carbocycles. The van der Waals surface area contributed by atoms with E-state index in [-0.39, 0.29) is 29.7 Å². The summed E-state index contributed by atoms with van der Waals surface area (Å²) in [5, 5.41) is 12.3. The van der Waals surface area contributed by atoms with Crippen molar-refractivity contribution in [3.05, 3.63) is 11.8 Å². The molecule has 1 aliphatic heterocycles. The fraction of sp³-hybridized carbons (Fsp3) is 0.250. The molecule has 1 N–H and O–H groups in total. The number of rotatable bonds is 2. The average Bonchev–Trinajstić information content (AvgIpc) is 2.61. The summed E-state index contributed by atoms with van der Waals surface area (Å²) in [6.45, 7) is 0. The predicted molar refractivity (Wildman–Crippen MR) is 52.2 cm³/mol. The quantitative estimate of drug-likeness (QED) is 0.762. The molecule has 2 rings (SSSR count). The molecule has 15 heavy (non-hydrogen) atoms. The van der Waals surface area contributed by atoms with Crippen LogP contribution in [0.25, 0.3) is 0 Å². The van der Waals surface area contributed by atoms with Crippen molar-refractivity contribution in [3.63, 3.8) is 0 Å². The first-order valence-electron chi connectivity index (χ1n) is 4.11. The number of carbonyl (C=O) groups is 2. The van der Waals surface area contributed by atoms with Crippen molar-refractivity contribution in [2.75, 3.05) is 5.88 Å². The van der Waals surface area contributed by atoms with Gasteiger partial charge in [0.25, 0.3) is 5.91 Å². The molecule has 0 radical (unpaired) electrons. The van der Waals surface area contributed by atoms with Gasteiger partial charge in [0.05, 0.1) is 12.3 Å². The Balaban J connectivity index is 2.50. The molecule has 0 aromatic carbocycles. The first-order chi connectivity index (χ1) is 7.11. The maximum Gasteiger partial charge on any atom is 0.356 e. The van der Waals surface area contributed by atoms with Crippen molar-refractivity contribution in [1.82, 2.24) is 9.78 Å². The standard InChI is InChI=1S/C8H6ClN3O3/c9-3-4-1-7(13)12-6(10-4)2-5(11-12)8(14)15/h2H,1,3H2,(H,14,15). The van der Waals surface area contributed by atoms with Crippen molar-refractivity contribution in [2.45, 2.75) is 6.42 Å². The number of hydrogen-bond donors (Lipinski definition) is 1. The number of carboxylic acid groups (broad SMARTS) is 1. The fourth-order valence-electron chi connectivity index (χ4n) is 1.27. The van der Waals surface area contributed by atoms with Gasteiger partial charge >= 0.3 is 5.97 Å². The highest BCUT2D eigenvalue weighted by Gasteiger charge is 2.23. The zero-order chi connectivity index (χ0) is 11.0. The van der Waals surface area contributed by atoms with E-state index in [2.05, 4.69) is 10.1 Å². The van der Waals surface area contributed by atoms with E-state index in [1.54, 1.807) is 0 Å². The van der Waals surface area contributed by atoms with E-state index < -0.39 is 5.97 Å². The lowest BCUT2D eigenvalue weighted by Gasteiger charge is -2.09. The minimum Gasteiger partial charge on any atom is -0.476 e. The Morgan fingerprint density at radius 3 is 3.00 bits per heavy atom. The largest absolute Gasteiger partial charge is 0.476 e. The lowest BCUT2D eigenvalue weighted by Crippen LogP contribution is -2.21. The third kappa shape index (κ3) is 1.63. The third-order valence-electron chi connectivity index (χ3n) is 1.93. The molecule has 1 aromatic heterocycles. The molecule has 78 valence electrons. The second-order valence-electron chi connectivity index (χ2n) is 2.99. The number of carbonyl (C=O) groups excluding carboxylic acids is 1. The average molecular weight is 228 g/mol. The summed E-state index contributed by atoms with van der Waals surface area (Å²) >= 11 is 5.55. The summed E-state index contributed by atoms with van der Waals surface area (Å²) in [7, 11) is 0. The second kappa shape index (κ2) is 3.47. The molecule has 1 aliphatic rings. The second-order valence-corrected chi connectivity index (χ2v) is 3.25. The Bertz CT molecular complexity index is 477. The van der Waals surface area contributed by atoms with Gasteiger partial charge in [-0.15, -0.1) is 11.6 Å². The van der Waals surface area contributed by atoms with E-state index in [0.29, 0.717) is 5.71 Å². The maximum atomic E-state index is 11.5. The molecular weight excluding hydrogens is 222 g/mol. The lowest BCUT2D eigenvalue weighted by atomic mass is 10.2. The van der Waals surface area contributed by atoms with Crippen molar-refractivity contribution in [2.24, 2.45) is 4.99 Å². The van der Waals surface area contributed by atoms with Crippen LogP contribution in [0.4, 0.5) is 5.82 Å². The van der Waals surface area contributed by atoms with Crippen molar-refractivity contribution in [3.8, 4) is 0 Å². The first-order valence-corrected chi connectivity index (χ1v) is 4.64. The summed E-state index contributed by atoms with van der Waals surface area (Å²) in [6.07, 6.45) is 0.0806. The summed E-state index contributed by atoms with van der Waals surface area (Å²) in [4.78, 5) is 26.1. The van der Waals surface area contributed by atoms with Gasteiger partial charge in [0.2, 0.25) is 0 Å². The molecule has 0 saturated carbocycles. The van der Waals surface area contributed by atoms with Gasteiger partial charge in [-0.3, -0.25) is 4.79 Å². The smallest absolute Gasteiger partial charge is 0.356 e. The summed E-state index contributed by atoms with van der Waals surface area (Å²) in [6, 6.07) is 1.24. The highest BCUT2D eigenvalue weighted by atomic mass is 35.5. The Morgan fingerprint density at radius 1 is 1.67 bits per heavy atom. The van der Waals surface area contributed by atoms with E-state index in [9.17, 15) is 9.59 Å². The normalized spacial score (nSPS) is 14.7. The van der Waals surface area contributed by atoms with Crippen LogP contribution in [0, 0.1) is 0 Å². The highest BCUT2D eigenvalue weighted by molar-refractivity contribution is 6.31. The van der Waals surface area contributed by atoms with Gasteiger partial charge in [-0.05, 0) is 0 Å². The monoisotopic (exact) mass is 227 g/mol. The molecule has 0 unspecified atom stereocenters. The summed E-state index contributed by atoms with van der Waals surface area (Å²) in [5.41, 5.74) is 0.323. The van der Waals surface area contributed by atoms with Crippen LogP contribution in [0.5, 0.6) is 0 Å². The fourth-order valence-corrected chi connectivity index (χ4v) is 1.42. The molecule has 0 atom stereocenters. The molecule has 0 spiro atoms. The van der Waals surface area contributed by atoms with Crippen LogP contribution in [0.2, 0.25) is 0 Å². The molecule has 0 saturated heterocycles. The topological polar surface area (TPSA) is 84.5 Å². The third-order valence-corrected chi connectivity index (χ3v) is 2.24. The van der Waals surface area contributed by atoms with Crippen LogP contribution in [0.1, 0.15) is 21.7 Å². The molecular formula is C8H6ClN3O3. The Morgan fingerprint density at radius 2 is 2.40 bits per heavy atom. The number of aromatic carboxylic acids is 1. The number of aliphatic imine (C=N–C) groups is 1. The maximum absolute atomic E-state index is 11.5. The molecule has 2 heterocycles. The Kier molecular flexibility index (Phi) is 2.28. The summed E-state index contributed by atoms with van der Waals surface area (Å²) in [5.74, 6) is -1.13. The van der Waals surface area contributed by atoms with Gasteiger partial charge in [0.15, 0.2) is 11.5 Å². The molecule has 0 amide bonds. The van der Waals surface area contributed by atoms with Crippen LogP contribution < -0.4 is 0 Å². The minimum absolute atomic E-state index is 0.0806. The van der Waals surface area contributed by atoms with Crippen LogP contribution in [-0.4, -0.2) is 38.4 Å². The van der Waals surface area contributed by atoms with Gasteiger partial charge in [-0.25, -0.2) is 9.79 Å². The predicted octanol–water partition coefficient (Wildman–Crippen LogP) is 0.936. The van der Waals surface area contributed by atoms with E-state index >= 15 is 0 Å². The zero-order valence-corrected chi connectivity index (χ0v) is 8.23.